The maximum absolute atomic E-state index is 12.8. The molecule has 172 valence electrons. The van der Waals surface area contributed by atoms with Gasteiger partial charge in [-0.15, -0.1) is 0 Å². The maximum atomic E-state index is 12.8. The number of carbonyl (C=O) groups excluding carboxylic acids is 1. The largest absolute Gasteiger partial charge is 0.370 e. The Labute approximate surface area is 192 Å². The lowest BCUT2D eigenvalue weighted by Gasteiger charge is -2.23. The number of nitrogens with one attached hydrogen (secondary N) is 1. The molecule has 4 rings (SSSR count). The summed E-state index contributed by atoms with van der Waals surface area (Å²) < 4.78 is 0. The first kappa shape index (κ1) is 22.6. The van der Waals surface area contributed by atoms with Crippen LogP contribution in [0.25, 0.3) is 0 Å². The average Bonchev–Trinajstić information content (AvgIpc) is 3.19. The number of hydrogen-bond donors (Lipinski definition) is 1. The first-order valence-electron chi connectivity index (χ1n) is 11.9. The topological polar surface area (TPSA) is 42.1 Å². The van der Waals surface area contributed by atoms with E-state index in [4.69, 9.17) is 0 Å². The summed E-state index contributed by atoms with van der Waals surface area (Å²) in [5.41, 5.74) is 3.48. The van der Waals surface area contributed by atoms with Crippen molar-refractivity contribution in [2.24, 2.45) is 0 Å². The molecule has 2 heterocycles. The molecule has 0 aromatic heterocycles. The van der Waals surface area contributed by atoms with Gasteiger partial charge in [-0.3, -0.25) is 0 Å². The SMILES string of the molecule is CN(C)[C@@H]1CCN(c2ccc(NC(=O)N3CCCN(CCc4ccccc4)CC3)cc2)C1. The lowest BCUT2D eigenvalue weighted by atomic mass is 10.1. The van der Waals surface area contributed by atoms with Crippen LogP contribution in [0.4, 0.5) is 16.2 Å². The van der Waals surface area contributed by atoms with Crippen molar-refractivity contribution in [3.8, 4) is 0 Å². The number of amides is 2. The third-order valence-electron chi connectivity index (χ3n) is 6.81. The molecule has 6 heteroatoms. The zero-order chi connectivity index (χ0) is 22.3. The average molecular weight is 436 g/mol. The molecule has 1 N–H and O–H groups in total. The number of carbonyl (C=O) groups is 1. The van der Waals surface area contributed by atoms with Crippen LogP contribution in [-0.2, 0) is 6.42 Å². The van der Waals surface area contributed by atoms with E-state index in [-0.39, 0.29) is 6.03 Å². The van der Waals surface area contributed by atoms with E-state index < -0.39 is 0 Å². The summed E-state index contributed by atoms with van der Waals surface area (Å²) in [5.74, 6) is 0. The van der Waals surface area contributed by atoms with Crippen LogP contribution in [0.5, 0.6) is 0 Å². The summed E-state index contributed by atoms with van der Waals surface area (Å²) in [7, 11) is 4.30. The summed E-state index contributed by atoms with van der Waals surface area (Å²) in [5, 5.41) is 3.10. The van der Waals surface area contributed by atoms with Gasteiger partial charge >= 0.3 is 6.03 Å². The quantitative estimate of drug-likeness (QED) is 0.753. The second kappa shape index (κ2) is 10.8. The standard InChI is InChI=1S/C26H37N5O/c1-28(2)25-14-18-31(21-25)24-11-9-23(10-12-24)27-26(32)30-16-6-15-29(19-20-30)17-13-22-7-4-3-5-8-22/h3-5,7-12,25H,6,13-21H2,1-2H3,(H,27,32)/t25-/m1/s1. The Hall–Kier alpha value is -2.57. The van der Waals surface area contributed by atoms with Crippen molar-refractivity contribution < 1.29 is 4.79 Å². The zero-order valence-electron chi connectivity index (χ0n) is 19.5. The van der Waals surface area contributed by atoms with Gasteiger partial charge in [-0.25, -0.2) is 4.79 Å². The molecule has 0 saturated carbocycles. The summed E-state index contributed by atoms with van der Waals surface area (Å²) in [6, 6.07) is 19.6. The van der Waals surface area contributed by atoms with Crippen LogP contribution in [0.1, 0.15) is 18.4 Å². The summed E-state index contributed by atoms with van der Waals surface area (Å²) in [4.78, 5) is 22.0. The summed E-state index contributed by atoms with van der Waals surface area (Å²) >= 11 is 0. The molecule has 2 aromatic carbocycles. The molecule has 0 spiro atoms. The minimum Gasteiger partial charge on any atom is -0.370 e. The van der Waals surface area contributed by atoms with Crippen molar-refractivity contribution in [3.05, 3.63) is 60.2 Å². The second-order valence-electron chi connectivity index (χ2n) is 9.25. The van der Waals surface area contributed by atoms with Crippen LogP contribution < -0.4 is 10.2 Å². The normalized spacial score (nSPS) is 19.9. The number of nitrogens with zero attached hydrogens (tertiary/aromatic N) is 4. The van der Waals surface area contributed by atoms with Crippen LogP contribution in [0.2, 0.25) is 0 Å². The van der Waals surface area contributed by atoms with E-state index in [2.05, 4.69) is 76.6 Å². The van der Waals surface area contributed by atoms with E-state index >= 15 is 0 Å². The first-order valence-corrected chi connectivity index (χ1v) is 11.9. The Morgan fingerprint density at radius 3 is 2.47 bits per heavy atom. The van der Waals surface area contributed by atoms with E-state index in [9.17, 15) is 4.79 Å². The van der Waals surface area contributed by atoms with Crippen molar-refractivity contribution in [2.75, 3.05) is 70.1 Å². The van der Waals surface area contributed by atoms with Crippen LogP contribution in [0, 0.1) is 0 Å². The molecule has 0 radical (unpaired) electrons. The number of urea groups is 1. The number of hydrogen-bond acceptors (Lipinski definition) is 4. The molecule has 0 bridgehead atoms. The van der Waals surface area contributed by atoms with E-state index in [0.29, 0.717) is 6.04 Å². The van der Waals surface area contributed by atoms with Crippen molar-refractivity contribution >= 4 is 17.4 Å². The van der Waals surface area contributed by atoms with Gasteiger partial charge in [0.25, 0.3) is 0 Å². The van der Waals surface area contributed by atoms with Gasteiger partial charge in [0.05, 0.1) is 0 Å². The van der Waals surface area contributed by atoms with Crippen molar-refractivity contribution in [1.29, 1.82) is 0 Å². The highest BCUT2D eigenvalue weighted by Gasteiger charge is 2.24. The predicted molar refractivity (Wildman–Crippen MR) is 133 cm³/mol. The van der Waals surface area contributed by atoms with Gasteiger partial charge in [-0.1, -0.05) is 30.3 Å². The highest BCUT2D eigenvalue weighted by molar-refractivity contribution is 5.89. The molecule has 2 aromatic rings. The molecular formula is C26H37N5O. The van der Waals surface area contributed by atoms with Crippen LogP contribution >= 0.6 is 0 Å². The fourth-order valence-electron chi connectivity index (χ4n) is 4.69. The lowest BCUT2D eigenvalue weighted by Crippen LogP contribution is -2.38. The van der Waals surface area contributed by atoms with Crippen molar-refractivity contribution in [3.63, 3.8) is 0 Å². The molecule has 2 amide bonds. The van der Waals surface area contributed by atoms with E-state index in [0.717, 1.165) is 64.3 Å². The number of benzene rings is 2. The third kappa shape index (κ3) is 6.02. The fraction of sp³-hybridized carbons (Fsp3) is 0.500. The van der Waals surface area contributed by atoms with Crippen LogP contribution in [0.15, 0.2) is 54.6 Å². The number of rotatable bonds is 6. The Morgan fingerprint density at radius 2 is 1.75 bits per heavy atom. The zero-order valence-corrected chi connectivity index (χ0v) is 19.5. The monoisotopic (exact) mass is 435 g/mol. The first-order chi connectivity index (χ1) is 15.6. The molecule has 2 aliphatic rings. The van der Waals surface area contributed by atoms with Gasteiger partial charge in [-0.05, 0) is 69.7 Å². The predicted octanol–water partition coefficient (Wildman–Crippen LogP) is 3.61. The Kier molecular flexibility index (Phi) is 7.66. The van der Waals surface area contributed by atoms with Crippen LogP contribution in [0.3, 0.4) is 0 Å². The van der Waals surface area contributed by atoms with Crippen molar-refractivity contribution in [1.82, 2.24) is 14.7 Å². The van der Waals surface area contributed by atoms with Gasteiger partial charge in [0, 0.05) is 56.7 Å². The van der Waals surface area contributed by atoms with Gasteiger partial charge < -0.3 is 24.9 Å². The Balaban J connectivity index is 1.24. The van der Waals surface area contributed by atoms with Gasteiger partial charge in [0.2, 0.25) is 0 Å². The molecular weight excluding hydrogens is 398 g/mol. The molecule has 6 nitrogen and oxygen atoms in total. The molecule has 1 atom stereocenters. The van der Waals surface area contributed by atoms with E-state index in [1.807, 2.05) is 17.0 Å². The minimum atomic E-state index is 0.0107. The third-order valence-corrected chi connectivity index (χ3v) is 6.81. The highest BCUT2D eigenvalue weighted by atomic mass is 16.2. The second-order valence-corrected chi connectivity index (χ2v) is 9.25. The lowest BCUT2D eigenvalue weighted by molar-refractivity contribution is 0.211. The fourth-order valence-corrected chi connectivity index (χ4v) is 4.69. The van der Waals surface area contributed by atoms with Crippen molar-refractivity contribution in [2.45, 2.75) is 25.3 Å². The molecule has 2 saturated heterocycles. The van der Waals surface area contributed by atoms with Gasteiger partial charge in [0.15, 0.2) is 0 Å². The molecule has 2 aliphatic heterocycles. The molecule has 32 heavy (non-hydrogen) atoms. The minimum absolute atomic E-state index is 0.0107. The summed E-state index contributed by atoms with van der Waals surface area (Å²) in [6.07, 6.45) is 3.28. The van der Waals surface area contributed by atoms with E-state index in [1.165, 1.54) is 17.7 Å². The number of likely N-dealkylation sites (N-methyl/N-ethyl adjacent to an activating group) is 1. The summed E-state index contributed by atoms with van der Waals surface area (Å²) in [6.45, 7) is 6.77. The van der Waals surface area contributed by atoms with Crippen LogP contribution in [-0.4, -0.2) is 86.7 Å². The molecule has 0 aliphatic carbocycles. The Morgan fingerprint density at radius 1 is 0.969 bits per heavy atom. The highest BCUT2D eigenvalue weighted by Crippen LogP contribution is 2.24. The maximum Gasteiger partial charge on any atom is 0.321 e. The number of anilines is 2. The van der Waals surface area contributed by atoms with Gasteiger partial charge in [-0.2, -0.15) is 0 Å². The van der Waals surface area contributed by atoms with E-state index in [1.54, 1.807) is 0 Å². The van der Waals surface area contributed by atoms with Gasteiger partial charge in [0.1, 0.15) is 0 Å². The Bertz CT molecular complexity index is 854. The smallest absolute Gasteiger partial charge is 0.321 e. The molecule has 0 unspecified atom stereocenters. The molecule has 2 fully saturated rings.